The summed E-state index contributed by atoms with van der Waals surface area (Å²) in [6, 6.07) is 10.9. The van der Waals surface area contributed by atoms with Gasteiger partial charge in [0.05, 0.1) is 46.6 Å². The first-order chi connectivity index (χ1) is 17.9. The highest BCUT2D eigenvalue weighted by Gasteiger charge is 2.43. The highest BCUT2D eigenvalue weighted by molar-refractivity contribution is 6.08. The molecule has 37 heavy (non-hydrogen) atoms. The van der Waals surface area contributed by atoms with Crippen LogP contribution in [0.5, 0.6) is 23.0 Å². The van der Waals surface area contributed by atoms with Gasteiger partial charge in [0.1, 0.15) is 0 Å². The molecule has 1 aliphatic carbocycles. The molecule has 1 heterocycles. The van der Waals surface area contributed by atoms with Crippen molar-refractivity contribution in [2.24, 2.45) is 11.0 Å². The number of carboxylic acid groups (broad SMARTS) is 1. The zero-order valence-corrected chi connectivity index (χ0v) is 21.5. The maximum Gasteiger partial charge on any atom is 0.303 e. The molecular weight excluding hydrogens is 476 g/mol. The smallest absolute Gasteiger partial charge is 0.303 e. The summed E-state index contributed by atoms with van der Waals surface area (Å²) in [5.74, 6) is 1.05. The maximum atomic E-state index is 13.2. The van der Waals surface area contributed by atoms with Crippen molar-refractivity contribution in [1.29, 1.82) is 0 Å². The number of amides is 1. The lowest BCUT2D eigenvalue weighted by atomic mass is 9.77. The predicted octanol–water partition coefficient (Wildman–Crippen LogP) is 4.71. The molecule has 4 rings (SSSR count). The third kappa shape index (κ3) is 5.40. The molecule has 1 aliphatic heterocycles. The topological polar surface area (TPSA) is 107 Å². The van der Waals surface area contributed by atoms with Crippen molar-refractivity contribution in [1.82, 2.24) is 5.01 Å². The summed E-state index contributed by atoms with van der Waals surface area (Å²) in [6.45, 7) is 0. The average Bonchev–Trinajstić information content (AvgIpc) is 3.32. The summed E-state index contributed by atoms with van der Waals surface area (Å²) >= 11 is 0. The van der Waals surface area contributed by atoms with Gasteiger partial charge in [-0.1, -0.05) is 12.1 Å². The van der Waals surface area contributed by atoms with E-state index in [1.165, 1.54) is 5.01 Å². The number of carbonyl (C=O) groups excluding carboxylic acids is 1. The second kappa shape index (κ2) is 11.4. The summed E-state index contributed by atoms with van der Waals surface area (Å²) < 4.78 is 21.7. The molecular formula is C28H32N2O7. The van der Waals surface area contributed by atoms with Gasteiger partial charge < -0.3 is 24.1 Å². The van der Waals surface area contributed by atoms with Gasteiger partial charge in [-0.2, -0.15) is 5.10 Å². The fourth-order valence-electron chi connectivity index (χ4n) is 5.05. The van der Waals surface area contributed by atoms with Gasteiger partial charge in [0, 0.05) is 12.3 Å². The van der Waals surface area contributed by atoms with Gasteiger partial charge in [-0.15, -0.1) is 0 Å². The highest BCUT2D eigenvalue weighted by atomic mass is 16.5. The second-order valence-electron chi connectivity index (χ2n) is 8.96. The van der Waals surface area contributed by atoms with Crippen molar-refractivity contribution in [3.8, 4) is 23.0 Å². The van der Waals surface area contributed by atoms with E-state index in [9.17, 15) is 9.59 Å². The molecule has 0 unspecified atom stereocenters. The van der Waals surface area contributed by atoms with E-state index in [1.54, 1.807) is 28.4 Å². The highest BCUT2D eigenvalue weighted by Crippen LogP contribution is 2.46. The van der Waals surface area contributed by atoms with Crippen LogP contribution in [-0.4, -0.2) is 56.1 Å². The molecule has 2 aliphatic rings. The van der Waals surface area contributed by atoms with Crippen LogP contribution in [0.1, 0.15) is 49.3 Å². The first kappa shape index (κ1) is 26.1. The van der Waals surface area contributed by atoms with Crippen LogP contribution in [0.2, 0.25) is 0 Å². The second-order valence-corrected chi connectivity index (χ2v) is 8.96. The number of aliphatic carboxylic acids is 1. The van der Waals surface area contributed by atoms with E-state index in [1.807, 2.05) is 36.4 Å². The van der Waals surface area contributed by atoms with Crippen molar-refractivity contribution in [3.05, 3.63) is 53.1 Å². The summed E-state index contributed by atoms with van der Waals surface area (Å²) in [4.78, 5) is 24.4. The van der Waals surface area contributed by atoms with Crippen LogP contribution in [0, 0.1) is 5.92 Å². The van der Waals surface area contributed by atoms with Crippen LogP contribution < -0.4 is 18.9 Å². The van der Waals surface area contributed by atoms with Gasteiger partial charge in [-0.25, -0.2) is 5.01 Å². The minimum absolute atomic E-state index is 0.0352. The maximum absolute atomic E-state index is 13.2. The molecule has 9 heteroatoms. The van der Waals surface area contributed by atoms with Crippen LogP contribution in [0.25, 0.3) is 6.08 Å². The monoisotopic (exact) mass is 508 g/mol. The third-order valence-electron chi connectivity index (χ3n) is 6.81. The lowest BCUT2D eigenvalue weighted by Crippen LogP contribution is -2.32. The van der Waals surface area contributed by atoms with E-state index in [-0.39, 0.29) is 30.7 Å². The molecule has 1 fully saturated rings. The number of fused-ring (bicyclic) bond motifs is 1. The molecule has 0 radical (unpaired) electrons. The Kier molecular flexibility index (Phi) is 8.01. The molecule has 1 amide bonds. The van der Waals surface area contributed by atoms with Crippen LogP contribution in [0.4, 0.5) is 0 Å². The molecule has 2 aromatic rings. The van der Waals surface area contributed by atoms with E-state index < -0.39 is 5.97 Å². The summed E-state index contributed by atoms with van der Waals surface area (Å²) in [7, 11) is 6.33. The van der Waals surface area contributed by atoms with Crippen molar-refractivity contribution in [2.75, 3.05) is 28.4 Å². The quantitative estimate of drug-likeness (QED) is 0.523. The number of nitrogens with zero attached hydrogens (tertiary/aromatic N) is 2. The molecule has 1 saturated carbocycles. The minimum Gasteiger partial charge on any atom is -0.493 e. The number of hydrogen-bond donors (Lipinski definition) is 1. The summed E-state index contributed by atoms with van der Waals surface area (Å²) in [5.41, 5.74) is 3.69. The third-order valence-corrected chi connectivity index (χ3v) is 6.81. The fraction of sp³-hybridized carbons (Fsp3) is 0.393. The van der Waals surface area contributed by atoms with Gasteiger partial charge in [-0.3, -0.25) is 9.59 Å². The minimum atomic E-state index is -1.02. The van der Waals surface area contributed by atoms with Gasteiger partial charge in [0.25, 0.3) is 0 Å². The molecule has 0 saturated heterocycles. The number of methoxy groups -OCH3 is 4. The van der Waals surface area contributed by atoms with Crippen LogP contribution in [0.15, 0.2) is 47.1 Å². The molecule has 2 aromatic carbocycles. The number of hydrogen-bond acceptors (Lipinski definition) is 7. The normalized spacial score (nSPS) is 19.7. The number of carboxylic acids is 1. The largest absolute Gasteiger partial charge is 0.493 e. The van der Waals surface area contributed by atoms with Gasteiger partial charge in [0.2, 0.25) is 5.91 Å². The van der Waals surface area contributed by atoms with Gasteiger partial charge in [0.15, 0.2) is 23.0 Å². The van der Waals surface area contributed by atoms with E-state index in [4.69, 9.17) is 29.2 Å². The molecule has 0 bridgehead atoms. The number of rotatable bonds is 9. The predicted molar refractivity (Wildman–Crippen MR) is 138 cm³/mol. The Hall–Kier alpha value is -4.01. The molecule has 2 atom stereocenters. The molecule has 0 aromatic heterocycles. The molecule has 9 nitrogen and oxygen atoms in total. The van der Waals surface area contributed by atoms with E-state index in [0.29, 0.717) is 23.0 Å². The average molecular weight is 509 g/mol. The molecule has 0 spiro atoms. The van der Waals surface area contributed by atoms with E-state index in [0.717, 1.165) is 41.7 Å². The number of carbonyl (C=O) groups is 2. The van der Waals surface area contributed by atoms with E-state index >= 15 is 0 Å². The summed E-state index contributed by atoms with van der Waals surface area (Å²) in [6.07, 6.45) is 4.30. The van der Waals surface area contributed by atoms with Crippen LogP contribution in [-0.2, 0) is 9.59 Å². The Morgan fingerprint density at radius 1 is 0.946 bits per heavy atom. The first-order valence-electron chi connectivity index (χ1n) is 12.2. The van der Waals surface area contributed by atoms with Crippen LogP contribution >= 0.6 is 0 Å². The van der Waals surface area contributed by atoms with Crippen LogP contribution in [0.3, 0.4) is 0 Å². The number of hydrazone groups is 1. The zero-order valence-electron chi connectivity index (χ0n) is 21.5. The first-order valence-corrected chi connectivity index (χ1v) is 12.2. The van der Waals surface area contributed by atoms with Gasteiger partial charge in [-0.05, 0) is 66.3 Å². The number of ether oxygens (including phenoxy) is 4. The zero-order chi connectivity index (χ0) is 26.5. The Morgan fingerprint density at radius 2 is 1.59 bits per heavy atom. The van der Waals surface area contributed by atoms with E-state index in [2.05, 4.69) is 6.08 Å². The molecule has 196 valence electrons. The lowest BCUT2D eigenvalue weighted by Gasteiger charge is -2.30. The van der Waals surface area contributed by atoms with Crippen molar-refractivity contribution in [3.63, 3.8) is 0 Å². The SMILES string of the molecule is COc1ccc(/C=C2\CCC[C@H]3C2=NN(C(=O)CCC(=O)O)[C@H]3c2ccc(OC)c(OC)c2)cc1OC. The Labute approximate surface area is 216 Å². The Morgan fingerprint density at radius 3 is 2.24 bits per heavy atom. The Bertz CT molecular complexity index is 1240. The lowest BCUT2D eigenvalue weighted by molar-refractivity contribution is -0.141. The number of benzene rings is 2. The van der Waals surface area contributed by atoms with Crippen molar-refractivity contribution < 1.29 is 33.6 Å². The van der Waals surface area contributed by atoms with Gasteiger partial charge >= 0.3 is 5.97 Å². The van der Waals surface area contributed by atoms with Crippen molar-refractivity contribution >= 4 is 23.7 Å². The Balaban J connectivity index is 1.74. The summed E-state index contributed by atoms with van der Waals surface area (Å²) in [5, 5.41) is 15.4. The standard InChI is InChI=1S/C28H32N2O7/c1-34-21-10-8-17(15-23(21)36-3)14-18-6-5-7-20-27(18)29-30(25(31)12-13-26(32)33)28(20)19-9-11-22(35-2)24(16-19)37-4/h8-11,14-16,20,28H,5-7,12-13H2,1-4H3,(H,32,33)/b18-14+/t20-,28-/m0/s1. The number of allylic oxidation sites excluding steroid dienone is 1. The fourth-order valence-corrected chi connectivity index (χ4v) is 5.05. The van der Waals surface area contributed by atoms with Crippen molar-refractivity contribution in [2.45, 2.75) is 38.1 Å². The molecule has 1 N–H and O–H groups in total.